The molecule has 4 rings (SSSR count). The number of amides is 2. The van der Waals surface area contributed by atoms with Gasteiger partial charge in [-0.05, 0) is 55.3 Å². The Morgan fingerprint density at radius 2 is 1.65 bits per heavy atom. The number of rotatable bonds is 5. The highest BCUT2D eigenvalue weighted by molar-refractivity contribution is 6.04. The fraction of sp³-hybridized carbons (Fsp3) is 0.200. The molecule has 3 aromatic rings. The van der Waals surface area contributed by atoms with Gasteiger partial charge in [-0.25, -0.2) is 9.07 Å². The number of hydrogen-bond acceptors (Lipinski definition) is 4. The molecule has 31 heavy (non-hydrogen) atoms. The molecule has 1 aromatic heterocycles. The van der Waals surface area contributed by atoms with Crippen LogP contribution in [0.25, 0.3) is 5.69 Å². The molecule has 2 amide bonds. The lowest BCUT2D eigenvalue weighted by Gasteiger charge is -2.12. The minimum atomic E-state index is -4.95. The Morgan fingerprint density at radius 3 is 2.26 bits per heavy atom. The van der Waals surface area contributed by atoms with E-state index in [4.69, 9.17) is 0 Å². The first-order valence-electron chi connectivity index (χ1n) is 9.23. The van der Waals surface area contributed by atoms with Gasteiger partial charge in [-0.3, -0.25) is 9.59 Å². The van der Waals surface area contributed by atoms with Crippen LogP contribution in [-0.2, 0) is 11.0 Å². The van der Waals surface area contributed by atoms with Gasteiger partial charge < -0.3 is 10.6 Å². The number of alkyl halides is 3. The molecule has 1 saturated carbocycles. The molecule has 0 unspecified atom stereocenters. The second-order valence-corrected chi connectivity index (χ2v) is 6.97. The Morgan fingerprint density at radius 1 is 1.00 bits per heavy atom. The van der Waals surface area contributed by atoms with Crippen molar-refractivity contribution >= 4 is 23.2 Å². The predicted molar refractivity (Wildman–Crippen MR) is 102 cm³/mol. The zero-order chi connectivity index (χ0) is 22.2. The lowest BCUT2D eigenvalue weighted by Crippen LogP contribution is -2.21. The van der Waals surface area contributed by atoms with Gasteiger partial charge in [0, 0.05) is 17.3 Å². The normalized spacial score (nSPS) is 13.7. The third-order valence-corrected chi connectivity index (χ3v) is 4.56. The Bertz CT molecular complexity index is 1140. The Hall–Kier alpha value is -3.76. The van der Waals surface area contributed by atoms with Crippen molar-refractivity contribution in [3.05, 3.63) is 65.7 Å². The van der Waals surface area contributed by atoms with Crippen LogP contribution in [0.5, 0.6) is 0 Å². The zero-order valence-electron chi connectivity index (χ0n) is 15.8. The molecule has 2 aromatic carbocycles. The molecule has 2 N–H and O–H groups in total. The number of nitrogens with zero attached hydrogens (tertiary/aromatic N) is 3. The number of benzene rings is 2. The number of hydrogen-bond donors (Lipinski definition) is 2. The van der Waals surface area contributed by atoms with Gasteiger partial charge in [-0.15, -0.1) is 5.10 Å². The average molecular weight is 433 g/mol. The summed E-state index contributed by atoms with van der Waals surface area (Å²) in [6, 6.07) is 10.1. The second kappa shape index (κ2) is 7.82. The van der Waals surface area contributed by atoms with Gasteiger partial charge >= 0.3 is 6.18 Å². The molecule has 160 valence electrons. The fourth-order valence-corrected chi connectivity index (χ4v) is 2.91. The summed E-state index contributed by atoms with van der Waals surface area (Å²) in [6.45, 7) is 0. The maximum atomic E-state index is 13.7. The van der Waals surface area contributed by atoms with E-state index in [1.54, 1.807) is 6.07 Å². The molecule has 0 saturated heterocycles. The van der Waals surface area contributed by atoms with E-state index in [-0.39, 0.29) is 23.2 Å². The molecule has 0 bridgehead atoms. The van der Waals surface area contributed by atoms with E-state index < -0.39 is 29.3 Å². The van der Waals surface area contributed by atoms with E-state index in [9.17, 15) is 27.2 Å². The lowest BCUT2D eigenvalue weighted by atomic mass is 10.2. The van der Waals surface area contributed by atoms with Crippen molar-refractivity contribution < 1.29 is 27.2 Å². The van der Waals surface area contributed by atoms with Crippen molar-refractivity contribution in [1.29, 1.82) is 0 Å². The Labute approximate surface area is 173 Å². The van der Waals surface area contributed by atoms with E-state index in [0.717, 1.165) is 37.1 Å². The van der Waals surface area contributed by atoms with Gasteiger partial charge in [0.1, 0.15) is 5.82 Å². The molecule has 11 heteroatoms. The third kappa shape index (κ3) is 4.55. The van der Waals surface area contributed by atoms with Gasteiger partial charge in [-0.1, -0.05) is 11.3 Å². The van der Waals surface area contributed by atoms with E-state index in [1.807, 2.05) is 0 Å². The van der Waals surface area contributed by atoms with Gasteiger partial charge in [0.15, 0.2) is 11.4 Å². The van der Waals surface area contributed by atoms with Crippen LogP contribution in [0.2, 0.25) is 0 Å². The summed E-state index contributed by atoms with van der Waals surface area (Å²) in [5, 5.41) is 11.9. The van der Waals surface area contributed by atoms with E-state index in [2.05, 4.69) is 20.9 Å². The zero-order valence-corrected chi connectivity index (χ0v) is 15.8. The quantitative estimate of drug-likeness (QED) is 0.595. The molecule has 1 fully saturated rings. The Kier molecular flexibility index (Phi) is 5.17. The Balaban J connectivity index is 1.60. The predicted octanol–water partition coefficient (Wildman–Crippen LogP) is 4.03. The van der Waals surface area contributed by atoms with Crippen LogP contribution in [0.1, 0.15) is 29.0 Å². The molecule has 7 nitrogen and oxygen atoms in total. The summed E-state index contributed by atoms with van der Waals surface area (Å²) in [6.07, 6.45) is -3.33. The molecule has 0 atom stereocenters. The molecule has 0 aliphatic heterocycles. The van der Waals surface area contributed by atoms with Crippen LogP contribution in [-0.4, -0.2) is 26.8 Å². The first kappa shape index (κ1) is 20.5. The van der Waals surface area contributed by atoms with E-state index >= 15 is 0 Å². The number of carbonyl (C=O) groups excluding carboxylic acids is 2. The molecular formula is C20H15F4N5O2. The van der Waals surface area contributed by atoms with Gasteiger partial charge in [-0.2, -0.15) is 13.2 Å². The smallest absolute Gasteiger partial charge is 0.326 e. The number of carbonyl (C=O) groups is 2. The summed E-state index contributed by atoms with van der Waals surface area (Å²) in [7, 11) is 0. The van der Waals surface area contributed by atoms with E-state index in [1.165, 1.54) is 18.2 Å². The molecule has 1 aliphatic carbocycles. The van der Waals surface area contributed by atoms with Crippen LogP contribution in [0.3, 0.4) is 0 Å². The molecule has 1 aliphatic rings. The number of anilines is 2. The molecular weight excluding hydrogens is 418 g/mol. The van der Waals surface area contributed by atoms with Crippen molar-refractivity contribution in [2.45, 2.75) is 19.0 Å². The second-order valence-electron chi connectivity index (χ2n) is 6.97. The first-order valence-corrected chi connectivity index (χ1v) is 9.23. The van der Waals surface area contributed by atoms with Crippen LogP contribution < -0.4 is 10.6 Å². The summed E-state index contributed by atoms with van der Waals surface area (Å²) in [4.78, 5) is 24.4. The minimum Gasteiger partial charge on any atom is -0.326 e. The third-order valence-electron chi connectivity index (χ3n) is 4.56. The standard InChI is InChI=1S/C20H15F4N5O2/c21-12-6-8-15(9-7-12)29-17(20(22,23)24)16(27-28-29)19(31)26-14-3-1-2-13(10-14)25-18(30)11-4-5-11/h1-3,6-11H,4-5H2,(H,25,30)(H,26,31). The first-order chi connectivity index (χ1) is 14.7. The van der Waals surface area contributed by atoms with Crippen LogP contribution in [0, 0.1) is 11.7 Å². The van der Waals surface area contributed by atoms with Gasteiger partial charge in [0.25, 0.3) is 5.91 Å². The monoisotopic (exact) mass is 433 g/mol. The number of aromatic nitrogens is 3. The minimum absolute atomic E-state index is 0.0332. The summed E-state index contributed by atoms with van der Waals surface area (Å²) < 4.78 is 54.6. The SMILES string of the molecule is O=C(Nc1cccc(NC(=O)C2CC2)c1)c1nnn(-c2ccc(F)cc2)c1C(F)(F)F. The van der Waals surface area contributed by atoms with Crippen LogP contribution >= 0.6 is 0 Å². The van der Waals surface area contributed by atoms with Gasteiger partial charge in [0.05, 0.1) is 5.69 Å². The van der Waals surface area contributed by atoms with Crippen molar-refractivity contribution in [1.82, 2.24) is 15.0 Å². The van der Waals surface area contributed by atoms with E-state index in [0.29, 0.717) is 10.4 Å². The highest BCUT2D eigenvalue weighted by Gasteiger charge is 2.42. The highest BCUT2D eigenvalue weighted by Crippen LogP contribution is 2.33. The maximum Gasteiger partial charge on any atom is 0.435 e. The summed E-state index contributed by atoms with van der Waals surface area (Å²) in [5.41, 5.74) is -1.87. The van der Waals surface area contributed by atoms with Crippen molar-refractivity contribution in [3.63, 3.8) is 0 Å². The number of nitrogens with one attached hydrogen (secondary N) is 2. The van der Waals surface area contributed by atoms with Crippen LogP contribution in [0.4, 0.5) is 28.9 Å². The van der Waals surface area contributed by atoms with Crippen molar-refractivity contribution in [2.75, 3.05) is 10.6 Å². The topological polar surface area (TPSA) is 88.9 Å². The van der Waals surface area contributed by atoms with Crippen molar-refractivity contribution in [3.8, 4) is 5.69 Å². The molecule has 1 heterocycles. The highest BCUT2D eigenvalue weighted by atomic mass is 19.4. The van der Waals surface area contributed by atoms with Crippen molar-refractivity contribution in [2.24, 2.45) is 5.92 Å². The molecule has 0 spiro atoms. The summed E-state index contributed by atoms with van der Waals surface area (Å²) >= 11 is 0. The average Bonchev–Trinajstić information content (AvgIpc) is 3.46. The summed E-state index contributed by atoms with van der Waals surface area (Å²) in [5.74, 6) is -1.95. The largest absolute Gasteiger partial charge is 0.435 e. The maximum absolute atomic E-state index is 13.7. The molecule has 0 radical (unpaired) electrons. The lowest BCUT2D eigenvalue weighted by molar-refractivity contribution is -0.143. The van der Waals surface area contributed by atoms with Gasteiger partial charge in [0.2, 0.25) is 5.91 Å². The number of halogens is 4. The fourth-order valence-electron chi connectivity index (χ4n) is 2.91. The van der Waals surface area contributed by atoms with Crippen LogP contribution in [0.15, 0.2) is 48.5 Å².